The van der Waals surface area contributed by atoms with Crippen LogP contribution in [-0.4, -0.2) is 16.5 Å². The summed E-state index contributed by atoms with van der Waals surface area (Å²) < 4.78 is 0. The Labute approximate surface area is 102 Å². The molecule has 0 aliphatic carbocycles. The average Bonchev–Trinajstić information content (AvgIpc) is 2.25. The van der Waals surface area contributed by atoms with Gasteiger partial charge < -0.3 is 5.11 Å². The minimum Gasteiger partial charge on any atom is -0.382 e. The van der Waals surface area contributed by atoms with Crippen molar-refractivity contribution >= 4 is 17.4 Å². The number of carbonyl (C=O) groups excluding carboxylic acids is 1. The van der Waals surface area contributed by atoms with Crippen molar-refractivity contribution in [3.8, 4) is 0 Å². The smallest absolute Gasteiger partial charge is 0.194 e. The van der Waals surface area contributed by atoms with E-state index in [0.717, 1.165) is 16.7 Å². The van der Waals surface area contributed by atoms with Gasteiger partial charge in [-0.05, 0) is 38.0 Å². The number of ketones is 1. The highest BCUT2D eigenvalue weighted by Gasteiger charge is 2.27. The molecule has 1 rings (SSSR count). The second kappa shape index (κ2) is 4.68. The molecule has 0 radical (unpaired) electrons. The van der Waals surface area contributed by atoms with E-state index in [4.69, 9.17) is 0 Å². The summed E-state index contributed by atoms with van der Waals surface area (Å²) in [7, 11) is 0. The average molecular weight is 230 g/mol. The first-order valence-electron chi connectivity index (χ1n) is 5.47. The summed E-state index contributed by atoms with van der Waals surface area (Å²) in [4.78, 5) is 12.1. The normalized spacial score (nSPS) is 11.1. The van der Waals surface area contributed by atoms with Crippen molar-refractivity contribution in [1.82, 2.24) is 0 Å². The van der Waals surface area contributed by atoms with Crippen molar-refractivity contribution in [1.29, 1.82) is 0 Å². The van der Waals surface area contributed by atoms with Crippen molar-refractivity contribution in [2.24, 2.45) is 0 Å². The fraction of sp³-hybridized carbons (Fsp3) is 0.267. The van der Waals surface area contributed by atoms with Gasteiger partial charge in [-0.15, -0.1) is 0 Å². The van der Waals surface area contributed by atoms with Gasteiger partial charge in [0.1, 0.15) is 5.60 Å². The molecule has 1 N–H and O–H groups in total. The van der Waals surface area contributed by atoms with Crippen molar-refractivity contribution in [2.45, 2.75) is 26.4 Å². The zero-order valence-electron chi connectivity index (χ0n) is 10.6. The van der Waals surface area contributed by atoms with Crippen molar-refractivity contribution in [3.05, 3.63) is 48.0 Å². The monoisotopic (exact) mass is 230 g/mol. The molecule has 0 saturated carbocycles. The molecule has 0 atom stereocenters. The molecule has 1 aromatic carbocycles. The van der Waals surface area contributed by atoms with Crippen LogP contribution in [0, 0.1) is 0 Å². The van der Waals surface area contributed by atoms with Crippen LogP contribution in [0.4, 0.5) is 0 Å². The number of benzene rings is 1. The molecule has 0 unspecified atom stereocenters. The van der Waals surface area contributed by atoms with Crippen LogP contribution in [0.15, 0.2) is 31.4 Å². The van der Waals surface area contributed by atoms with E-state index >= 15 is 0 Å². The molecule has 0 spiro atoms. The number of hydrogen-bond acceptors (Lipinski definition) is 2. The highest BCUT2D eigenvalue weighted by Crippen LogP contribution is 2.24. The number of hydrogen-bond donors (Lipinski definition) is 1. The highest BCUT2D eigenvalue weighted by atomic mass is 16.3. The lowest BCUT2D eigenvalue weighted by atomic mass is 9.90. The van der Waals surface area contributed by atoms with E-state index in [1.807, 2.05) is 13.0 Å². The maximum Gasteiger partial charge on any atom is 0.194 e. The molecule has 0 heterocycles. The molecule has 2 nitrogen and oxygen atoms in total. The summed E-state index contributed by atoms with van der Waals surface area (Å²) in [5.74, 6) is -0.300. The van der Waals surface area contributed by atoms with Gasteiger partial charge in [-0.3, -0.25) is 4.79 Å². The molecule has 0 aliphatic rings. The quantitative estimate of drug-likeness (QED) is 0.806. The summed E-state index contributed by atoms with van der Waals surface area (Å²) in [5.41, 5.74) is 1.60. The van der Waals surface area contributed by atoms with E-state index < -0.39 is 5.60 Å². The first-order valence-corrected chi connectivity index (χ1v) is 5.47. The Morgan fingerprint density at radius 2 is 1.94 bits per heavy atom. The summed E-state index contributed by atoms with van der Waals surface area (Å²) in [6.45, 7) is 12.4. The summed E-state index contributed by atoms with van der Waals surface area (Å²) >= 11 is 0. The summed E-state index contributed by atoms with van der Waals surface area (Å²) in [6.07, 6.45) is 1.71. The molecule has 0 aromatic heterocycles. The lowest BCUT2D eigenvalue weighted by Gasteiger charge is -2.18. The van der Waals surface area contributed by atoms with E-state index in [9.17, 15) is 9.90 Å². The van der Waals surface area contributed by atoms with E-state index in [1.165, 1.54) is 13.8 Å². The Morgan fingerprint density at radius 3 is 2.35 bits per heavy atom. The van der Waals surface area contributed by atoms with E-state index in [-0.39, 0.29) is 5.78 Å². The fourth-order valence-electron chi connectivity index (χ4n) is 1.57. The van der Waals surface area contributed by atoms with Crippen LogP contribution in [0.1, 0.15) is 42.3 Å². The third-order valence-corrected chi connectivity index (χ3v) is 2.54. The molecule has 2 heteroatoms. The number of allylic oxidation sites excluding steroid dienone is 1. The summed E-state index contributed by atoms with van der Waals surface area (Å²) in [6, 6.07) is 5.37. The van der Waals surface area contributed by atoms with Crippen molar-refractivity contribution < 1.29 is 9.90 Å². The standard InChI is InChI=1S/C15H18O2/c1-6-11-7-8-12(13(9-11)10(2)3)14(16)15(4,5)17/h6-9,17H,1-2H2,3-5H3. The molecule has 17 heavy (non-hydrogen) atoms. The van der Waals surface area contributed by atoms with Gasteiger partial charge in [0.2, 0.25) is 0 Å². The largest absolute Gasteiger partial charge is 0.382 e. The molecule has 1 aromatic rings. The Hall–Kier alpha value is -1.67. The van der Waals surface area contributed by atoms with Gasteiger partial charge in [0.05, 0.1) is 0 Å². The second-order valence-electron chi connectivity index (χ2n) is 4.68. The third kappa shape index (κ3) is 2.92. The molecule has 0 aliphatic heterocycles. The Balaban J connectivity index is 3.39. The Bertz CT molecular complexity index is 476. The molecule has 90 valence electrons. The molecular weight excluding hydrogens is 212 g/mol. The van der Waals surface area contributed by atoms with Crippen LogP contribution < -0.4 is 0 Å². The molecular formula is C15H18O2. The molecule has 0 fully saturated rings. The predicted molar refractivity (Wildman–Crippen MR) is 71.9 cm³/mol. The maximum absolute atomic E-state index is 12.1. The van der Waals surface area contributed by atoms with Crippen LogP contribution >= 0.6 is 0 Å². The molecule has 0 amide bonds. The van der Waals surface area contributed by atoms with Gasteiger partial charge >= 0.3 is 0 Å². The van der Waals surface area contributed by atoms with Crippen LogP contribution in [0.2, 0.25) is 0 Å². The van der Waals surface area contributed by atoms with Crippen molar-refractivity contribution in [3.63, 3.8) is 0 Å². The van der Waals surface area contributed by atoms with E-state index in [0.29, 0.717) is 5.56 Å². The topological polar surface area (TPSA) is 37.3 Å². The first-order chi connectivity index (χ1) is 7.77. The zero-order valence-corrected chi connectivity index (χ0v) is 10.6. The lowest BCUT2D eigenvalue weighted by Crippen LogP contribution is -2.31. The Kier molecular flexibility index (Phi) is 3.69. The van der Waals surface area contributed by atoms with Gasteiger partial charge in [0.25, 0.3) is 0 Å². The first kappa shape index (κ1) is 13.4. The minimum absolute atomic E-state index is 0.300. The van der Waals surface area contributed by atoms with Crippen LogP contribution in [0.25, 0.3) is 11.6 Å². The zero-order chi connectivity index (χ0) is 13.2. The van der Waals surface area contributed by atoms with Gasteiger partial charge in [0.15, 0.2) is 5.78 Å². The highest BCUT2D eigenvalue weighted by molar-refractivity contribution is 6.05. The fourth-order valence-corrected chi connectivity index (χ4v) is 1.57. The predicted octanol–water partition coefficient (Wildman–Crippen LogP) is 3.32. The van der Waals surface area contributed by atoms with Gasteiger partial charge in [-0.2, -0.15) is 0 Å². The molecule has 0 bridgehead atoms. The number of rotatable bonds is 4. The maximum atomic E-state index is 12.1. The summed E-state index contributed by atoms with van der Waals surface area (Å²) in [5, 5.41) is 9.77. The minimum atomic E-state index is -1.38. The van der Waals surface area contributed by atoms with Crippen molar-refractivity contribution in [2.75, 3.05) is 0 Å². The van der Waals surface area contributed by atoms with E-state index in [2.05, 4.69) is 13.2 Å². The Morgan fingerprint density at radius 1 is 1.35 bits per heavy atom. The number of aliphatic hydroxyl groups is 1. The molecule has 0 saturated heterocycles. The SMILES string of the molecule is C=Cc1ccc(C(=O)C(C)(C)O)c(C(=C)C)c1. The van der Waals surface area contributed by atoms with Gasteiger partial charge in [-0.1, -0.05) is 36.9 Å². The van der Waals surface area contributed by atoms with Gasteiger partial charge in [0, 0.05) is 5.56 Å². The van der Waals surface area contributed by atoms with Crippen LogP contribution in [0.5, 0.6) is 0 Å². The van der Waals surface area contributed by atoms with E-state index in [1.54, 1.807) is 18.2 Å². The third-order valence-electron chi connectivity index (χ3n) is 2.54. The second-order valence-corrected chi connectivity index (χ2v) is 4.68. The van der Waals surface area contributed by atoms with Crippen LogP contribution in [0.3, 0.4) is 0 Å². The lowest BCUT2D eigenvalue weighted by molar-refractivity contribution is 0.0487. The number of Topliss-reactive ketones (excluding diaryl/α,β-unsaturated/α-hetero) is 1. The van der Waals surface area contributed by atoms with Crippen LogP contribution in [-0.2, 0) is 0 Å². The van der Waals surface area contributed by atoms with Gasteiger partial charge in [-0.25, -0.2) is 0 Å². The number of carbonyl (C=O) groups is 1.